The highest BCUT2D eigenvalue weighted by molar-refractivity contribution is 5.74. The van der Waals surface area contributed by atoms with Crippen LogP contribution >= 0.6 is 0 Å². The third-order valence-corrected chi connectivity index (χ3v) is 22.9. The van der Waals surface area contributed by atoms with E-state index in [-0.39, 0.29) is 54.4 Å². The maximum Gasteiger partial charge on any atom is 0.573 e. The summed E-state index contributed by atoms with van der Waals surface area (Å²) in [5, 5.41) is 22.5. The lowest BCUT2D eigenvalue weighted by molar-refractivity contribution is -0.274. The second-order valence-electron chi connectivity index (χ2n) is 31.0. The number of halogens is 6. The standard InChI is InChI=1S/C24H19N5O.C22H16F3N3O2.C19H17N5O.C19H21N3O4.C17H14F3N3O.CH4/c1-3-19-20(16-9-11-18(12-10-16)29-14-13-26-15-29)21-22(17-7-5-4-6-8-17)27-28(2)24(21)30-23(19)25;1-3-16-17(13-9-11-15(12-10-13)30-22(23,24)25)18-19(14-7-5-4-6-8-14)27-28(2)21(18)29-20(16)26;1-4-15-17(16-12(2)22-23(3)19(16)25-18(15)20)13-5-7-14(8-6-13)24-10-9-21-11-24;1-7-12-16(15-10(2)21-22(3)19(15)26-18(12)20)17-13(24-5)8-11(23-4)9-14(17)25-6;1-4-12-14(10-5-7-11(8-6-10)17(18,19)20)13-9(2)22-23(3)16(13)24-15(12)21;/h1,4-15,20H,25H2,2H3;1,4-12,17H,26H2,2H3;1,5-11,17H,20H2,2-3H3;1,8-9,16H,20H2,2-6H3;1,5-8,14H,21H2,2-3H3;1H4. The van der Waals surface area contributed by atoms with Crippen LogP contribution in [0.15, 0.2) is 265 Å². The lowest BCUT2D eigenvalue weighted by Gasteiger charge is -2.28. The molecular formula is C102H91F6N19O9. The third kappa shape index (κ3) is 18.2. The van der Waals surface area contributed by atoms with E-state index in [0.717, 1.165) is 85.1 Å². The van der Waals surface area contributed by atoms with Crippen molar-refractivity contribution in [2.45, 2.75) is 70.3 Å². The number of fused-ring (bicyclic) bond motifs is 5. The van der Waals surface area contributed by atoms with Crippen LogP contribution in [0.2, 0.25) is 0 Å². The molecule has 10 N–H and O–H groups in total. The van der Waals surface area contributed by atoms with Gasteiger partial charge in [0.1, 0.15) is 34.4 Å². The van der Waals surface area contributed by atoms with Crippen LogP contribution in [0.25, 0.3) is 33.9 Å². The monoisotopic (exact) mass is 1840 g/mol. The molecule has 12 heterocycles. The SMILES string of the molecule is C.C#CC1=C(N)Oc2c(c(-c3ccccc3)nn2C)C1c1ccc(-n2ccnc2)cc1.C#CC1=C(N)Oc2c(c(-c3ccccc3)nn2C)C1c1ccc(OC(F)(F)F)cc1.C#CC1=C(N)Oc2c(c(C)nn2C)C1c1c(OC)cc(OC)cc1OC.C#CC1=C(N)Oc2c(c(C)nn2C)C1c1ccc(-n2ccnc2)cc1.C#CC1=C(N)Oc2c(c(C)nn2C)C1c1ccc(C(F)(F)F)cc1. The normalized spacial score (nSPS) is 16.0. The van der Waals surface area contributed by atoms with Gasteiger partial charge in [-0.25, -0.2) is 33.4 Å². The number of hydrogen-bond donors (Lipinski definition) is 5. The van der Waals surface area contributed by atoms with Gasteiger partial charge in [0, 0.05) is 100 Å². The highest BCUT2D eigenvalue weighted by Crippen LogP contribution is 2.54. The predicted octanol–water partition coefficient (Wildman–Crippen LogP) is 15.9. The van der Waals surface area contributed by atoms with E-state index in [1.165, 1.54) is 41.1 Å². The average molecular weight is 1840 g/mol. The molecule has 7 aromatic carbocycles. The molecule has 34 heteroatoms. The number of aromatic nitrogens is 14. The van der Waals surface area contributed by atoms with E-state index in [1.54, 1.807) is 105 Å². The Morgan fingerprint density at radius 2 is 0.654 bits per heavy atom. The summed E-state index contributed by atoms with van der Waals surface area (Å²) in [5.74, 6) is 16.1. The van der Waals surface area contributed by atoms with Crippen LogP contribution < -0.4 is 71.3 Å². The number of alkyl halides is 6. The molecule has 0 radical (unpaired) electrons. The number of nitrogens with zero attached hydrogens (tertiary/aromatic N) is 14. The molecule has 5 aliphatic rings. The van der Waals surface area contributed by atoms with E-state index in [2.05, 4.69) is 76.8 Å². The Hall–Kier alpha value is -17.7. The lowest BCUT2D eigenvalue weighted by Crippen LogP contribution is -2.22. The molecule has 5 unspecified atom stereocenters. The first-order valence-electron chi connectivity index (χ1n) is 41.3. The summed E-state index contributed by atoms with van der Waals surface area (Å²) < 4.78 is 137. The first kappa shape index (κ1) is 94.4. The summed E-state index contributed by atoms with van der Waals surface area (Å²) in [6.07, 6.45) is 30.3. The Labute approximate surface area is 779 Å². The number of benzene rings is 7. The zero-order chi connectivity index (χ0) is 96.3. The van der Waals surface area contributed by atoms with Gasteiger partial charge in [0.25, 0.3) is 0 Å². The molecule has 0 fully saturated rings. The number of imidazole rings is 2. The Bertz CT molecular complexity index is 7220. The number of nitrogens with two attached hydrogens (primary N) is 5. The van der Waals surface area contributed by atoms with Crippen LogP contribution in [0.1, 0.15) is 115 Å². The van der Waals surface area contributed by atoms with E-state index in [4.69, 9.17) is 104 Å². The number of allylic oxidation sites excluding steroid dienone is 5. The van der Waals surface area contributed by atoms with Gasteiger partial charge in [0.05, 0.1) is 142 Å². The quantitative estimate of drug-likeness (QED) is 0.0529. The van der Waals surface area contributed by atoms with Crippen LogP contribution in [0.3, 0.4) is 0 Å². The maximum absolute atomic E-state index is 12.8. The van der Waals surface area contributed by atoms with Gasteiger partial charge in [-0.1, -0.05) is 146 Å². The molecule has 0 aliphatic carbocycles. The van der Waals surface area contributed by atoms with Gasteiger partial charge in [-0.2, -0.15) is 38.7 Å². The van der Waals surface area contributed by atoms with Crippen molar-refractivity contribution in [3.63, 3.8) is 0 Å². The van der Waals surface area contributed by atoms with Gasteiger partial charge < -0.3 is 80.4 Å². The molecule has 28 nitrogen and oxygen atoms in total. The summed E-state index contributed by atoms with van der Waals surface area (Å²) in [4.78, 5) is 8.18. The van der Waals surface area contributed by atoms with Crippen molar-refractivity contribution in [2.75, 3.05) is 21.3 Å². The summed E-state index contributed by atoms with van der Waals surface area (Å²) in [6.45, 7) is 5.63. The third-order valence-electron chi connectivity index (χ3n) is 22.9. The molecule has 0 amide bonds. The number of ether oxygens (including phenoxy) is 9. The van der Waals surface area contributed by atoms with Crippen molar-refractivity contribution in [3.8, 4) is 148 Å². The van der Waals surface area contributed by atoms with Crippen LogP contribution in [-0.4, -0.2) is 95.7 Å². The highest BCUT2D eigenvalue weighted by atomic mass is 19.4. The molecule has 136 heavy (non-hydrogen) atoms. The van der Waals surface area contributed by atoms with Crippen molar-refractivity contribution in [2.24, 2.45) is 63.9 Å². The van der Waals surface area contributed by atoms with E-state index in [1.807, 2.05) is 147 Å². The Morgan fingerprint density at radius 3 is 0.949 bits per heavy atom. The fraction of sp³-hybridized carbons (Fsp3) is 0.186. The van der Waals surface area contributed by atoms with E-state index in [9.17, 15) is 26.3 Å². The summed E-state index contributed by atoms with van der Waals surface area (Å²) in [6, 6.07) is 49.7. The van der Waals surface area contributed by atoms with E-state index in [0.29, 0.717) is 108 Å². The van der Waals surface area contributed by atoms with E-state index < -0.39 is 35.9 Å². The largest absolute Gasteiger partial charge is 0.573 e. The van der Waals surface area contributed by atoms with Gasteiger partial charge in [-0.3, -0.25) is 0 Å². The Morgan fingerprint density at radius 1 is 0.360 bits per heavy atom. The van der Waals surface area contributed by atoms with Gasteiger partial charge in [-0.15, -0.1) is 45.3 Å². The Kier molecular flexibility index (Phi) is 26.9. The minimum atomic E-state index is -4.77. The number of methoxy groups -OCH3 is 3. The van der Waals surface area contributed by atoms with Gasteiger partial charge >= 0.3 is 12.5 Å². The van der Waals surface area contributed by atoms with Crippen LogP contribution in [-0.2, 0) is 41.4 Å². The molecule has 5 atom stereocenters. The summed E-state index contributed by atoms with van der Waals surface area (Å²) in [5.41, 5.74) is 48.0. The zero-order valence-electron chi connectivity index (χ0n) is 74.5. The molecule has 690 valence electrons. The number of rotatable bonds is 13. The van der Waals surface area contributed by atoms with Crippen molar-refractivity contribution in [1.29, 1.82) is 0 Å². The molecular weight excluding hydrogens is 1750 g/mol. The molecule has 7 aromatic heterocycles. The minimum absolute atomic E-state index is 0. The first-order valence-corrected chi connectivity index (χ1v) is 41.3. The minimum Gasteiger partial charge on any atom is -0.496 e. The topological polar surface area (TPSA) is 338 Å². The number of terminal acetylenes is 5. The fourth-order valence-corrected chi connectivity index (χ4v) is 16.9. The van der Waals surface area contributed by atoms with Crippen LogP contribution in [0, 0.1) is 82.5 Å². The maximum atomic E-state index is 12.8. The van der Waals surface area contributed by atoms with Gasteiger partial charge in [0.15, 0.2) is 0 Å². The van der Waals surface area contributed by atoms with Crippen molar-refractivity contribution >= 4 is 0 Å². The Balaban J connectivity index is 0.000000136. The van der Waals surface area contributed by atoms with Crippen molar-refractivity contribution in [3.05, 3.63) is 343 Å². The fourth-order valence-electron chi connectivity index (χ4n) is 16.9. The number of hydrogen-bond acceptors (Lipinski definition) is 21. The van der Waals surface area contributed by atoms with E-state index >= 15 is 0 Å². The highest BCUT2D eigenvalue weighted by Gasteiger charge is 2.43. The molecule has 5 aliphatic heterocycles. The molecule has 19 rings (SSSR count). The molecule has 0 spiro atoms. The van der Waals surface area contributed by atoms with Crippen molar-refractivity contribution < 1.29 is 69.0 Å². The second-order valence-corrected chi connectivity index (χ2v) is 31.0. The smallest absolute Gasteiger partial charge is 0.496 e. The summed E-state index contributed by atoms with van der Waals surface area (Å²) in [7, 11) is 13.6. The van der Waals surface area contributed by atoms with Crippen molar-refractivity contribution in [1.82, 2.24) is 68.0 Å². The van der Waals surface area contributed by atoms with Gasteiger partial charge in [-0.05, 0) is 91.6 Å². The average Bonchev–Trinajstić information content (AvgIpc) is 1.60. The molecule has 0 saturated heterocycles. The van der Waals surface area contributed by atoms with Gasteiger partial charge in [0.2, 0.25) is 58.8 Å². The van der Waals surface area contributed by atoms with Crippen LogP contribution in [0.4, 0.5) is 26.3 Å². The lowest BCUT2D eigenvalue weighted by atomic mass is 9.82. The number of aryl methyl sites for hydroxylation is 8. The first-order chi connectivity index (χ1) is 64.7. The van der Waals surface area contributed by atoms with Crippen LogP contribution in [0.5, 0.6) is 52.4 Å². The second kappa shape index (κ2) is 38.8. The molecule has 0 saturated carbocycles. The summed E-state index contributed by atoms with van der Waals surface area (Å²) >= 11 is 0. The molecule has 0 bridgehead atoms. The predicted molar refractivity (Wildman–Crippen MR) is 498 cm³/mol. The molecule has 14 aromatic rings. The zero-order valence-corrected chi connectivity index (χ0v) is 74.5.